The first kappa shape index (κ1) is 15.7. The largest absolute Gasteiger partial charge is 0.340 e. The maximum atomic E-state index is 12.5. The number of carbonyl (C=O) groups is 2. The van der Waals surface area contributed by atoms with Gasteiger partial charge < -0.3 is 9.88 Å². The molecule has 3 rings (SSSR count). The Balaban J connectivity index is 1.77. The van der Waals surface area contributed by atoms with Gasteiger partial charge in [0, 0.05) is 18.4 Å². The number of ketones is 1. The monoisotopic (exact) mass is 318 g/mol. The summed E-state index contributed by atoms with van der Waals surface area (Å²) < 4.78 is 1.79. The third kappa shape index (κ3) is 3.43. The lowest BCUT2D eigenvalue weighted by Gasteiger charge is -2.10. The van der Waals surface area contributed by atoms with E-state index < -0.39 is 11.7 Å². The Morgan fingerprint density at radius 3 is 2.38 bits per heavy atom. The van der Waals surface area contributed by atoms with Crippen LogP contribution in [0.5, 0.6) is 0 Å². The van der Waals surface area contributed by atoms with E-state index in [4.69, 9.17) is 0 Å². The first-order valence-corrected chi connectivity index (χ1v) is 7.75. The zero-order valence-corrected chi connectivity index (χ0v) is 13.4. The Kier molecular flexibility index (Phi) is 4.57. The smallest absolute Gasteiger partial charge is 0.298 e. The zero-order chi connectivity index (χ0) is 16.9. The van der Waals surface area contributed by atoms with Crippen molar-refractivity contribution in [2.45, 2.75) is 13.5 Å². The predicted molar refractivity (Wildman–Crippen MR) is 94.1 cm³/mol. The number of anilines is 1. The van der Waals surface area contributed by atoms with Crippen molar-refractivity contribution in [1.82, 2.24) is 4.57 Å². The molecule has 24 heavy (non-hydrogen) atoms. The van der Waals surface area contributed by atoms with Crippen LogP contribution in [0.1, 0.15) is 21.6 Å². The SMILES string of the molecule is Cc1ccccc1NC(=O)C(=O)c1cccn1Cc1ccccc1. The van der Waals surface area contributed by atoms with Crippen LogP contribution in [0.3, 0.4) is 0 Å². The molecule has 0 unspecified atom stereocenters. The summed E-state index contributed by atoms with van der Waals surface area (Å²) in [5.74, 6) is -1.17. The van der Waals surface area contributed by atoms with E-state index >= 15 is 0 Å². The Morgan fingerprint density at radius 1 is 0.917 bits per heavy atom. The first-order chi connectivity index (χ1) is 11.6. The number of Topliss-reactive ketones (excluding diaryl/α,β-unsaturated/α-hetero) is 1. The van der Waals surface area contributed by atoms with Gasteiger partial charge in [-0.3, -0.25) is 9.59 Å². The fourth-order valence-electron chi connectivity index (χ4n) is 2.55. The van der Waals surface area contributed by atoms with Gasteiger partial charge in [-0.05, 0) is 36.2 Å². The van der Waals surface area contributed by atoms with Crippen molar-refractivity contribution in [2.75, 3.05) is 5.32 Å². The van der Waals surface area contributed by atoms with E-state index in [1.165, 1.54) is 0 Å². The molecule has 0 aliphatic rings. The molecule has 3 aromatic rings. The van der Waals surface area contributed by atoms with Gasteiger partial charge in [-0.2, -0.15) is 0 Å². The zero-order valence-electron chi connectivity index (χ0n) is 13.4. The van der Waals surface area contributed by atoms with Gasteiger partial charge in [0.05, 0.1) is 5.69 Å². The molecule has 1 N–H and O–H groups in total. The number of amides is 1. The average Bonchev–Trinajstić information content (AvgIpc) is 3.05. The molecule has 1 amide bonds. The van der Waals surface area contributed by atoms with E-state index in [1.807, 2.05) is 55.5 Å². The highest BCUT2D eigenvalue weighted by Gasteiger charge is 2.20. The number of aromatic nitrogens is 1. The summed E-state index contributed by atoms with van der Waals surface area (Å²) in [7, 11) is 0. The normalized spacial score (nSPS) is 10.4. The minimum Gasteiger partial charge on any atom is -0.340 e. The molecular weight excluding hydrogens is 300 g/mol. The van der Waals surface area contributed by atoms with Crippen LogP contribution in [-0.4, -0.2) is 16.3 Å². The quantitative estimate of drug-likeness (QED) is 0.576. The Morgan fingerprint density at radius 2 is 1.62 bits per heavy atom. The molecule has 0 atom stereocenters. The molecule has 0 radical (unpaired) electrons. The van der Waals surface area contributed by atoms with E-state index in [0.717, 1.165) is 11.1 Å². The van der Waals surface area contributed by atoms with Crippen LogP contribution in [0, 0.1) is 6.92 Å². The van der Waals surface area contributed by atoms with Crippen molar-refractivity contribution in [3.05, 3.63) is 89.7 Å². The summed E-state index contributed by atoms with van der Waals surface area (Å²) in [5, 5.41) is 2.69. The highest BCUT2D eigenvalue weighted by Crippen LogP contribution is 2.14. The maximum Gasteiger partial charge on any atom is 0.298 e. The van der Waals surface area contributed by atoms with Crippen LogP contribution >= 0.6 is 0 Å². The minimum absolute atomic E-state index is 0.380. The average molecular weight is 318 g/mol. The molecule has 1 aromatic heterocycles. The lowest BCUT2D eigenvalue weighted by atomic mass is 10.2. The molecule has 0 saturated heterocycles. The van der Waals surface area contributed by atoms with E-state index in [-0.39, 0.29) is 0 Å². The minimum atomic E-state index is -0.627. The highest BCUT2D eigenvalue weighted by atomic mass is 16.2. The second kappa shape index (κ2) is 6.96. The molecule has 120 valence electrons. The second-order valence-corrected chi connectivity index (χ2v) is 5.61. The van der Waals surface area contributed by atoms with Gasteiger partial charge in [0.15, 0.2) is 0 Å². The number of carbonyl (C=O) groups excluding carboxylic acids is 2. The number of nitrogens with zero attached hydrogens (tertiary/aromatic N) is 1. The van der Waals surface area contributed by atoms with Gasteiger partial charge in [-0.25, -0.2) is 0 Å². The number of benzene rings is 2. The van der Waals surface area contributed by atoms with Crippen molar-refractivity contribution in [3.63, 3.8) is 0 Å². The number of para-hydroxylation sites is 1. The Bertz CT molecular complexity index is 866. The summed E-state index contributed by atoms with van der Waals surface area (Å²) in [4.78, 5) is 24.8. The van der Waals surface area contributed by atoms with Crippen molar-refractivity contribution in [3.8, 4) is 0 Å². The maximum absolute atomic E-state index is 12.5. The van der Waals surface area contributed by atoms with Crippen molar-refractivity contribution in [2.24, 2.45) is 0 Å². The van der Waals surface area contributed by atoms with Gasteiger partial charge >= 0.3 is 0 Å². The summed E-state index contributed by atoms with van der Waals surface area (Å²) >= 11 is 0. The molecule has 0 fully saturated rings. The molecule has 0 spiro atoms. The van der Waals surface area contributed by atoms with Crippen LogP contribution in [0.2, 0.25) is 0 Å². The van der Waals surface area contributed by atoms with Gasteiger partial charge in [-0.1, -0.05) is 48.5 Å². The van der Waals surface area contributed by atoms with Gasteiger partial charge in [0.1, 0.15) is 0 Å². The fourth-order valence-corrected chi connectivity index (χ4v) is 2.55. The molecule has 4 heteroatoms. The first-order valence-electron chi connectivity index (χ1n) is 7.75. The number of hydrogen-bond donors (Lipinski definition) is 1. The van der Waals surface area contributed by atoms with Crippen LogP contribution in [0.4, 0.5) is 5.69 Å². The highest BCUT2D eigenvalue weighted by molar-refractivity contribution is 6.46. The third-order valence-corrected chi connectivity index (χ3v) is 3.86. The van der Waals surface area contributed by atoms with Gasteiger partial charge in [0.25, 0.3) is 11.7 Å². The van der Waals surface area contributed by atoms with Crippen molar-refractivity contribution >= 4 is 17.4 Å². The number of aryl methyl sites for hydroxylation is 1. The summed E-state index contributed by atoms with van der Waals surface area (Å²) in [5.41, 5.74) is 3.02. The summed E-state index contributed by atoms with van der Waals surface area (Å²) in [6, 6.07) is 20.6. The van der Waals surface area contributed by atoms with Crippen molar-refractivity contribution < 1.29 is 9.59 Å². The Labute approximate surface area is 140 Å². The van der Waals surface area contributed by atoms with Gasteiger partial charge in [0.2, 0.25) is 0 Å². The van der Waals surface area contributed by atoms with E-state index in [9.17, 15) is 9.59 Å². The van der Waals surface area contributed by atoms with Crippen molar-refractivity contribution in [1.29, 1.82) is 0 Å². The lowest BCUT2D eigenvalue weighted by Crippen LogP contribution is -2.25. The number of nitrogens with one attached hydrogen (secondary N) is 1. The molecule has 2 aromatic carbocycles. The lowest BCUT2D eigenvalue weighted by molar-refractivity contribution is -0.112. The molecular formula is C20H18N2O2. The van der Waals surface area contributed by atoms with E-state index in [1.54, 1.807) is 29.0 Å². The molecule has 0 saturated carbocycles. The topological polar surface area (TPSA) is 51.1 Å². The van der Waals surface area contributed by atoms with Crippen LogP contribution < -0.4 is 5.32 Å². The molecule has 1 heterocycles. The molecule has 0 aliphatic heterocycles. The summed E-state index contributed by atoms with van der Waals surface area (Å²) in [6.45, 7) is 2.44. The van der Waals surface area contributed by atoms with E-state index in [0.29, 0.717) is 17.9 Å². The number of rotatable bonds is 5. The standard InChI is InChI=1S/C20H18N2O2/c1-15-8-5-6-11-17(15)21-20(24)19(23)18-12-7-13-22(18)14-16-9-3-2-4-10-16/h2-13H,14H2,1H3,(H,21,24). The fraction of sp³-hybridized carbons (Fsp3) is 0.100. The third-order valence-electron chi connectivity index (χ3n) is 3.86. The predicted octanol–water partition coefficient (Wildman–Crippen LogP) is 3.67. The Hall–Kier alpha value is -3.14. The molecule has 0 bridgehead atoms. The molecule has 4 nitrogen and oxygen atoms in total. The van der Waals surface area contributed by atoms with E-state index in [2.05, 4.69) is 5.32 Å². The summed E-state index contributed by atoms with van der Waals surface area (Å²) in [6.07, 6.45) is 1.81. The number of hydrogen-bond acceptors (Lipinski definition) is 2. The van der Waals surface area contributed by atoms with Gasteiger partial charge in [-0.15, -0.1) is 0 Å². The van der Waals surface area contributed by atoms with Crippen LogP contribution in [0.25, 0.3) is 0 Å². The van der Waals surface area contributed by atoms with Crippen LogP contribution in [-0.2, 0) is 11.3 Å². The second-order valence-electron chi connectivity index (χ2n) is 5.61. The van der Waals surface area contributed by atoms with Crippen LogP contribution in [0.15, 0.2) is 72.9 Å². The molecule has 0 aliphatic carbocycles.